The molecule has 0 radical (unpaired) electrons. The summed E-state index contributed by atoms with van der Waals surface area (Å²) in [5, 5.41) is 5.08. The van der Waals surface area contributed by atoms with Crippen molar-refractivity contribution in [3.63, 3.8) is 0 Å². The first-order chi connectivity index (χ1) is 16.6. The highest BCUT2D eigenvalue weighted by molar-refractivity contribution is 6.06. The fraction of sp³-hybridized carbons (Fsp3) is 0.154. The van der Waals surface area contributed by atoms with Crippen LogP contribution >= 0.6 is 0 Å². The number of carbonyl (C=O) groups excluding carboxylic acids is 2. The van der Waals surface area contributed by atoms with E-state index in [1.54, 1.807) is 48.5 Å². The molecule has 1 aromatic heterocycles. The summed E-state index contributed by atoms with van der Waals surface area (Å²) in [5.74, 6) is -0.453. The standard InChI is InChI=1S/C26H24N4O4/c1-2-16-34-20-14-12-19(13-15-20)24(31)27-28-25(32)23-21-10-6-7-11-22(21)26(33)30(29-23)17-18-8-4-3-5-9-18/h3-15H,2,16-17H2,1H3,(H,27,31)(H,28,32). The number of benzene rings is 3. The van der Waals surface area contributed by atoms with Gasteiger partial charge in [0.2, 0.25) is 0 Å². The van der Waals surface area contributed by atoms with E-state index >= 15 is 0 Å². The summed E-state index contributed by atoms with van der Waals surface area (Å²) in [4.78, 5) is 38.4. The van der Waals surface area contributed by atoms with Crippen LogP contribution < -0.4 is 21.1 Å². The predicted octanol–water partition coefficient (Wildman–Crippen LogP) is 3.31. The minimum atomic E-state index is -0.630. The molecule has 2 amide bonds. The number of hydrogen-bond donors (Lipinski definition) is 2. The van der Waals surface area contributed by atoms with Crippen LogP contribution in [0.5, 0.6) is 5.75 Å². The minimum Gasteiger partial charge on any atom is -0.494 e. The smallest absolute Gasteiger partial charge is 0.290 e. The number of aromatic nitrogens is 2. The van der Waals surface area contributed by atoms with Gasteiger partial charge in [0.25, 0.3) is 17.4 Å². The van der Waals surface area contributed by atoms with Crippen molar-refractivity contribution in [2.24, 2.45) is 0 Å². The molecule has 0 aliphatic rings. The maximum atomic E-state index is 13.0. The van der Waals surface area contributed by atoms with Gasteiger partial charge in [-0.2, -0.15) is 5.10 Å². The number of ether oxygens (including phenoxy) is 1. The molecule has 172 valence electrons. The second-order valence-corrected chi connectivity index (χ2v) is 7.62. The molecule has 1 heterocycles. The van der Waals surface area contributed by atoms with Gasteiger partial charge in [-0.3, -0.25) is 25.2 Å². The summed E-state index contributed by atoms with van der Waals surface area (Å²) < 4.78 is 6.77. The van der Waals surface area contributed by atoms with Gasteiger partial charge in [0, 0.05) is 10.9 Å². The molecular weight excluding hydrogens is 432 g/mol. The molecule has 0 unspecified atom stereocenters. The van der Waals surface area contributed by atoms with E-state index in [0.29, 0.717) is 28.7 Å². The number of nitrogens with zero attached hydrogens (tertiary/aromatic N) is 2. The van der Waals surface area contributed by atoms with Gasteiger partial charge in [-0.25, -0.2) is 4.68 Å². The molecule has 8 heteroatoms. The van der Waals surface area contributed by atoms with Crippen LogP contribution in [0.3, 0.4) is 0 Å². The number of carbonyl (C=O) groups is 2. The first-order valence-electron chi connectivity index (χ1n) is 10.9. The van der Waals surface area contributed by atoms with E-state index in [2.05, 4.69) is 16.0 Å². The highest BCUT2D eigenvalue weighted by atomic mass is 16.5. The zero-order chi connectivity index (χ0) is 23.9. The van der Waals surface area contributed by atoms with Crippen LogP contribution in [0, 0.1) is 0 Å². The molecule has 0 bridgehead atoms. The van der Waals surface area contributed by atoms with Crippen molar-refractivity contribution in [3.8, 4) is 5.75 Å². The van der Waals surface area contributed by atoms with Gasteiger partial charge in [0.1, 0.15) is 5.75 Å². The number of rotatable bonds is 7. The second-order valence-electron chi connectivity index (χ2n) is 7.62. The van der Waals surface area contributed by atoms with Crippen molar-refractivity contribution in [1.29, 1.82) is 0 Å². The average Bonchev–Trinajstić information content (AvgIpc) is 2.88. The Morgan fingerprint density at radius 1 is 0.853 bits per heavy atom. The van der Waals surface area contributed by atoms with Crippen molar-refractivity contribution in [3.05, 3.63) is 106 Å². The minimum absolute atomic E-state index is 0.0368. The summed E-state index contributed by atoms with van der Waals surface area (Å²) in [6.45, 7) is 2.81. The van der Waals surface area contributed by atoms with Crippen molar-refractivity contribution in [2.75, 3.05) is 6.61 Å². The zero-order valence-corrected chi connectivity index (χ0v) is 18.7. The predicted molar refractivity (Wildman–Crippen MR) is 129 cm³/mol. The molecular formula is C26H24N4O4. The van der Waals surface area contributed by atoms with Crippen molar-refractivity contribution < 1.29 is 14.3 Å². The molecule has 34 heavy (non-hydrogen) atoms. The molecule has 0 atom stereocenters. The lowest BCUT2D eigenvalue weighted by Gasteiger charge is -2.12. The SMILES string of the molecule is CCCOc1ccc(C(=O)NNC(=O)c2nn(Cc3ccccc3)c(=O)c3ccccc23)cc1. The normalized spacial score (nSPS) is 10.6. The molecule has 2 N–H and O–H groups in total. The van der Waals surface area contributed by atoms with Crippen LogP contribution in [0.2, 0.25) is 0 Å². The first kappa shape index (κ1) is 22.7. The fourth-order valence-corrected chi connectivity index (χ4v) is 3.43. The highest BCUT2D eigenvalue weighted by Crippen LogP contribution is 2.14. The second kappa shape index (κ2) is 10.4. The fourth-order valence-electron chi connectivity index (χ4n) is 3.43. The van der Waals surface area contributed by atoms with E-state index < -0.39 is 11.8 Å². The third-order valence-electron chi connectivity index (χ3n) is 5.14. The van der Waals surface area contributed by atoms with Gasteiger partial charge in [0.05, 0.1) is 18.5 Å². The lowest BCUT2D eigenvalue weighted by atomic mass is 10.1. The first-order valence-corrected chi connectivity index (χ1v) is 10.9. The Labute approximate surface area is 196 Å². The van der Waals surface area contributed by atoms with E-state index in [4.69, 9.17) is 4.74 Å². The van der Waals surface area contributed by atoms with Crippen LogP contribution in [-0.4, -0.2) is 28.2 Å². The topological polar surface area (TPSA) is 102 Å². The Balaban J connectivity index is 1.54. The van der Waals surface area contributed by atoms with Gasteiger partial charge >= 0.3 is 0 Å². The lowest BCUT2D eigenvalue weighted by molar-refractivity contribution is 0.0843. The summed E-state index contributed by atoms with van der Waals surface area (Å²) in [6, 6.07) is 22.7. The molecule has 0 aliphatic heterocycles. The van der Waals surface area contributed by atoms with Crippen molar-refractivity contribution >= 4 is 22.6 Å². The summed E-state index contributed by atoms with van der Waals surface area (Å²) in [6.07, 6.45) is 0.885. The largest absolute Gasteiger partial charge is 0.494 e. The monoisotopic (exact) mass is 456 g/mol. The molecule has 8 nitrogen and oxygen atoms in total. The van der Waals surface area contributed by atoms with Crippen molar-refractivity contribution in [2.45, 2.75) is 19.9 Å². The van der Waals surface area contributed by atoms with Crippen LogP contribution in [0.25, 0.3) is 10.8 Å². The van der Waals surface area contributed by atoms with Gasteiger partial charge in [-0.15, -0.1) is 0 Å². The van der Waals surface area contributed by atoms with Crippen molar-refractivity contribution in [1.82, 2.24) is 20.6 Å². The van der Waals surface area contributed by atoms with Gasteiger partial charge in [-0.1, -0.05) is 55.5 Å². The van der Waals surface area contributed by atoms with Crippen LogP contribution in [-0.2, 0) is 6.54 Å². The summed E-state index contributed by atoms with van der Waals surface area (Å²) in [5.41, 5.74) is 5.77. The Hall–Kier alpha value is -4.46. The maximum absolute atomic E-state index is 13.0. The summed E-state index contributed by atoms with van der Waals surface area (Å²) >= 11 is 0. The Morgan fingerprint density at radius 2 is 1.50 bits per heavy atom. The van der Waals surface area contributed by atoms with Gasteiger partial charge in [-0.05, 0) is 42.3 Å². The number of hydrazine groups is 1. The molecule has 3 aromatic carbocycles. The average molecular weight is 457 g/mol. The number of nitrogens with one attached hydrogen (secondary N) is 2. The molecule has 0 spiro atoms. The van der Waals surface area contributed by atoms with Gasteiger partial charge < -0.3 is 4.74 Å². The third kappa shape index (κ3) is 5.12. The maximum Gasteiger partial charge on any atom is 0.290 e. The highest BCUT2D eigenvalue weighted by Gasteiger charge is 2.18. The molecule has 0 aliphatic carbocycles. The summed E-state index contributed by atoms with van der Waals surface area (Å²) in [7, 11) is 0. The lowest BCUT2D eigenvalue weighted by Crippen LogP contribution is -2.42. The number of hydrogen-bond acceptors (Lipinski definition) is 5. The number of fused-ring (bicyclic) bond motifs is 1. The van der Waals surface area contributed by atoms with Crippen LogP contribution in [0.4, 0.5) is 0 Å². The Morgan fingerprint density at radius 3 is 2.21 bits per heavy atom. The van der Waals surface area contributed by atoms with Crippen LogP contribution in [0.15, 0.2) is 83.7 Å². The number of amides is 2. The Bertz CT molecular complexity index is 1370. The molecule has 0 saturated carbocycles. The van der Waals surface area contributed by atoms with E-state index in [-0.39, 0.29) is 17.8 Å². The molecule has 0 saturated heterocycles. The zero-order valence-electron chi connectivity index (χ0n) is 18.7. The molecule has 4 aromatic rings. The van der Waals surface area contributed by atoms with E-state index in [0.717, 1.165) is 12.0 Å². The quantitative estimate of drug-likeness (QED) is 0.416. The van der Waals surface area contributed by atoms with E-state index in [1.807, 2.05) is 37.3 Å². The molecule has 4 rings (SSSR count). The van der Waals surface area contributed by atoms with E-state index in [9.17, 15) is 14.4 Å². The van der Waals surface area contributed by atoms with E-state index in [1.165, 1.54) is 4.68 Å². The Kier molecular flexibility index (Phi) is 6.98. The molecule has 0 fully saturated rings. The third-order valence-corrected chi connectivity index (χ3v) is 5.14. The van der Waals surface area contributed by atoms with Crippen LogP contribution in [0.1, 0.15) is 39.8 Å². The van der Waals surface area contributed by atoms with Gasteiger partial charge in [0.15, 0.2) is 5.69 Å².